The van der Waals surface area contributed by atoms with E-state index in [9.17, 15) is 4.79 Å². The van der Waals surface area contributed by atoms with Gasteiger partial charge in [-0.1, -0.05) is 6.92 Å². The maximum atomic E-state index is 11.4. The summed E-state index contributed by atoms with van der Waals surface area (Å²) in [6.07, 6.45) is 0. The molecule has 0 aromatic carbocycles. The van der Waals surface area contributed by atoms with Crippen LogP contribution in [0.1, 0.15) is 32.5 Å². The first kappa shape index (κ1) is 14.1. The van der Waals surface area contributed by atoms with E-state index in [4.69, 9.17) is 4.74 Å². The Morgan fingerprint density at radius 2 is 2.35 bits per heavy atom. The number of amides is 1. The van der Waals surface area contributed by atoms with E-state index in [-0.39, 0.29) is 18.6 Å². The number of nitrogens with one attached hydrogen (secondary N) is 2. The number of rotatable bonds is 7. The van der Waals surface area contributed by atoms with Crippen molar-refractivity contribution in [2.75, 3.05) is 25.1 Å². The first-order valence-electron chi connectivity index (χ1n) is 5.73. The van der Waals surface area contributed by atoms with Crippen LogP contribution < -0.4 is 10.6 Å². The molecular formula is C11H19N3O2S. The molecular weight excluding hydrogens is 238 g/mol. The molecule has 1 rings (SSSR count). The maximum absolute atomic E-state index is 11.4. The third kappa shape index (κ3) is 4.80. The van der Waals surface area contributed by atoms with Gasteiger partial charge in [-0.3, -0.25) is 10.1 Å². The van der Waals surface area contributed by atoms with Crippen LogP contribution in [-0.4, -0.2) is 30.6 Å². The quantitative estimate of drug-likeness (QED) is 0.781. The van der Waals surface area contributed by atoms with Gasteiger partial charge in [0.25, 0.3) is 5.91 Å². The van der Waals surface area contributed by atoms with E-state index >= 15 is 0 Å². The topological polar surface area (TPSA) is 63.2 Å². The van der Waals surface area contributed by atoms with Crippen LogP contribution in [0.4, 0.5) is 5.13 Å². The summed E-state index contributed by atoms with van der Waals surface area (Å²) < 4.78 is 5.01. The van der Waals surface area contributed by atoms with Gasteiger partial charge in [0, 0.05) is 18.0 Å². The summed E-state index contributed by atoms with van der Waals surface area (Å²) in [6.45, 7) is 7.46. The predicted octanol–water partition coefficient (Wildman–Crippen LogP) is 1.79. The van der Waals surface area contributed by atoms with Gasteiger partial charge < -0.3 is 10.1 Å². The Labute approximate surface area is 106 Å². The SMILES string of the molecule is CCNC(C)c1csc(NC(=O)COCC)n1. The van der Waals surface area contributed by atoms with Crippen molar-refractivity contribution in [1.82, 2.24) is 10.3 Å². The summed E-state index contributed by atoms with van der Waals surface area (Å²) in [5.41, 5.74) is 0.948. The molecule has 2 N–H and O–H groups in total. The van der Waals surface area contributed by atoms with Gasteiger partial charge >= 0.3 is 0 Å². The van der Waals surface area contributed by atoms with Crippen molar-refractivity contribution >= 4 is 22.4 Å². The monoisotopic (exact) mass is 257 g/mol. The highest BCUT2D eigenvalue weighted by Gasteiger charge is 2.10. The van der Waals surface area contributed by atoms with Gasteiger partial charge in [-0.25, -0.2) is 4.98 Å². The average Bonchev–Trinajstić information content (AvgIpc) is 2.75. The number of thiazole rings is 1. The van der Waals surface area contributed by atoms with Crippen LogP contribution in [-0.2, 0) is 9.53 Å². The largest absolute Gasteiger partial charge is 0.372 e. The fourth-order valence-electron chi connectivity index (χ4n) is 1.30. The van der Waals surface area contributed by atoms with Crippen molar-refractivity contribution in [3.8, 4) is 0 Å². The maximum Gasteiger partial charge on any atom is 0.252 e. The highest BCUT2D eigenvalue weighted by atomic mass is 32.1. The van der Waals surface area contributed by atoms with Crippen LogP contribution in [0.15, 0.2) is 5.38 Å². The number of ether oxygens (including phenoxy) is 1. The van der Waals surface area contributed by atoms with Gasteiger partial charge in [-0.05, 0) is 20.4 Å². The van der Waals surface area contributed by atoms with Crippen molar-refractivity contribution in [2.45, 2.75) is 26.8 Å². The van der Waals surface area contributed by atoms with E-state index in [0.29, 0.717) is 11.7 Å². The summed E-state index contributed by atoms with van der Waals surface area (Å²) in [7, 11) is 0. The van der Waals surface area contributed by atoms with Crippen molar-refractivity contribution in [1.29, 1.82) is 0 Å². The van der Waals surface area contributed by atoms with Gasteiger partial charge in [0.05, 0.1) is 5.69 Å². The standard InChI is InChI=1S/C11H19N3O2S/c1-4-12-8(3)9-7-17-11(13-9)14-10(15)6-16-5-2/h7-8,12H,4-6H2,1-3H3,(H,13,14,15). The normalized spacial score (nSPS) is 12.4. The Morgan fingerprint density at radius 1 is 1.59 bits per heavy atom. The van der Waals surface area contributed by atoms with Gasteiger partial charge in [0.15, 0.2) is 5.13 Å². The minimum atomic E-state index is -0.163. The molecule has 6 heteroatoms. The van der Waals surface area contributed by atoms with Gasteiger partial charge in [0.1, 0.15) is 6.61 Å². The fourth-order valence-corrected chi connectivity index (χ4v) is 2.12. The number of nitrogens with zero attached hydrogens (tertiary/aromatic N) is 1. The average molecular weight is 257 g/mol. The molecule has 0 radical (unpaired) electrons. The summed E-state index contributed by atoms with van der Waals surface area (Å²) in [5, 5.41) is 8.55. The lowest BCUT2D eigenvalue weighted by molar-refractivity contribution is -0.120. The molecule has 1 aromatic heterocycles. The Hall–Kier alpha value is -0.980. The summed E-state index contributed by atoms with van der Waals surface area (Å²) in [5.74, 6) is -0.163. The van der Waals surface area contributed by atoms with E-state index in [0.717, 1.165) is 12.2 Å². The van der Waals surface area contributed by atoms with Gasteiger partial charge in [-0.15, -0.1) is 11.3 Å². The summed E-state index contributed by atoms with van der Waals surface area (Å²) in [6, 6.07) is 0.203. The molecule has 1 amide bonds. The second kappa shape index (κ2) is 7.37. The number of aromatic nitrogens is 1. The van der Waals surface area contributed by atoms with Crippen molar-refractivity contribution in [3.05, 3.63) is 11.1 Å². The molecule has 0 spiro atoms. The third-order valence-corrected chi connectivity index (χ3v) is 2.94. The van der Waals surface area contributed by atoms with E-state index in [1.807, 2.05) is 26.2 Å². The van der Waals surface area contributed by atoms with Crippen LogP contribution in [0.3, 0.4) is 0 Å². The van der Waals surface area contributed by atoms with Crippen molar-refractivity contribution < 1.29 is 9.53 Å². The zero-order valence-corrected chi connectivity index (χ0v) is 11.3. The molecule has 0 bridgehead atoms. The Balaban J connectivity index is 2.47. The zero-order valence-electron chi connectivity index (χ0n) is 10.4. The van der Waals surface area contributed by atoms with E-state index in [1.54, 1.807) is 0 Å². The number of hydrogen-bond donors (Lipinski definition) is 2. The number of hydrogen-bond acceptors (Lipinski definition) is 5. The number of anilines is 1. The minimum absolute atomic E-state index is 0.0776. The molecule has 0 aliphatic rings. The molecule has 5 nitrogen and oxygen atoms in total. The molecule has 0 fully saturated rings. The van der Waals surface area contributed by atoms with E-state index in [2.05, 4.69) is 15.6 Å². The molecule has 1 aromatic rings. The van der Waals surface area contributed by atoms with E-state index in [1.165, 1.54) is 11.3 Å². The highest BCUT2D eigenvalue weighted by molar-refractivity contribution is 7.13. The second-order valence-corrected chi connectivity index (χ2v) is 4.40. The first-order chi connectivity index (χ1) is 8.17. The van der Waals surface area contributed by atoms with E-state index < -0.39 is 0 Å². The number of carbonyl (C=O) groups is 1. The number of carbonyl (C=O) groups excluding carboxylic acids is 1. The smallest absolute Gasteiger partial charge is 0.252 e. The third-order valence-electron chi connectivity index (χ3n) is 2.16. The van der Waals surface area contributed by atoms with Crippen molar-refractivity contribution in [3.63, 3.8) is 0 Å². The van der Waals surface area contributed by atoms with Crippen LogP contribution in [0.25, 0.3) is 0 Å². The lowest BCUT2D eigenvalue weighted by atomic mass is 10.3. The molecule has 0 saturated carbocycles. The van der Waals surface area contributed by atoms with Crippen LogP contribution >= 0.6 is 11.3 Å². The van der Waals surface area contributed by atoms with Crippen LogP contribution in [0.5, 0.6) is 0 Å². The molecule has 1 unspecified atom stereocenters. The molecule has 0 saturated heterocycles. The summed E-state index contributed by atoms with van der Waals surface area (Å²) in [4.78, 5) is 15.7. The predicted molar refractivity (Wildman–Crippen MR) is 69.3 cm³/mol. The molecule has 0 aliphatic heterocycles. The molecule has 96 valence electrons. The minimum Gasteiger partial charge on any atom is -0.372 e. The first-order valence-corrected chi connectivity index (χ1v) is 6.61. The lowest BCUT2D eigenvalue weighted by Crippen LogP contribution is -2.19. The molecule has 1 atom stereocenters. The molecule has 1 heterocycles. The zero-order chi connectivity index (χ0) is 12.7. The Morgan fingerprint density at radius 3 is 3.00 bits per heavy atom. The van der Waals surface area contributed by atoms with Crippen LogP contribution in [0, 0.1) is 0 Å². The Bertz CT molecular complexity index is 354. The lowest BCUT2D eigenvalue weighted by Gasteiger charge is -2.08. The van der Waals surface area contributed by atoms with Gasteiger partial charge in [0.2, 0.25) is 0 Å². The molecule has 0 aliphatic carbocycles. The highest BCUT2D eigenvalue weighted by Crippen LogP contribution is 2.20. The van der Waals surface area contributed by atoms with Crippen LogP contribution in [0.2, 0.25) is 0 Å². The van der Waals surface area contributed by atoms with Gasteiger partial charge in [-0.2, -0.15) is 0 Å². The molecule has 17 heavy (non-hydrogen) atoms. The van der Waals surface area contributed by atoms with Crippen molar-refractivity contribution in [2.24, 2.45) is 0 Å². The fraction of sp³-hybridized carbons (Fsp3) is 0.636. The second-order valence-electron chi connectivity index (χ2n) is 3.54. The summed E-state index contributed by atoms with van der Waals surface area (Å²) >= 11 is 1.43. The Kier molecular flexibility index (Phi) is 6.10.